The molecule has 0 heterocycles. The topological polar surface area (TPSA) is 52.6 Å². The fraction of sp³-hybridized carbons (Fsp3) is 0.417. The molecule has 0 bridgehead atoms. The first kappa shape index (κ1) is 21.7. The Kier molecular flexibility index (Phi) is 9.26. The smallest absolute Gasteiger partial charge is 0.338 e. The van der Waals surface area contributed by atoms with Crippen molar-refractivity contribution in [1.29, 1.82) is 0 Å². The van der Waals surface area contributed by atoms with Crippen molar-refractivity contribution in [1.82, 2.24) is 0 Å². The van der Waals surface area contributed by atoms with Crippen molar-refractivity contribution in [2.24, 2.45) is 0 Å². The zero-order chi connectivity index (χ0) is 20.2. The monoisotopic (exact) mass is 382 g/mol. The third-order valence-electron chi connectivity index (χ3n) is 4.63. The summed E-state index contributed by atoms with van der Waals surface area (Å²) in [5, 5.41) is 0. The second kappa shape index (κ2) is 12.0. The Morgan fingerprint density at radius 2 is 1.04 bits per heavy atom. The maximum absolute atomic E-state index is 12.6. The van der Waals surface area contributed by atoms with Crippen LogP contribution in [0.2, 0.25) is 0 Å². The van der Waals surface area contributed by atoms with E-state index in [2.05, 4.69) is 13.8 Å². The van der Waals surface area contributed by atoms with Gasteiger partial charge in [-0.15, -0.1) is 0 Å². The van der Waals surface area contributed by atoms with Crippen LogP contribution in [0.15, 0.2) is 60.7 Å². The zero-order valence-corrected chi connectivity index (χ0v) is 16.8. The van der Waals surface area contributed by atoms with E-state index < -0.39 is 12.2 Å². The van der Waals surface area contributed by atoms with E-state index in [1.807, 2.05) is 36.4 Å². The van der Waals surface area contributed by atoms with Crippen LogP contribution >= 0.6 is 0 Å². The van der Waals surface area contributed by atoms with Gasteiger partial charge >= 0.3 is 11.9 Å². The lowest BCUT2D eigenvalue weighted by Gasteiger charge is -2.27. The summed E-state index contributed by atoms with van der Waals surface area (Å²) >= 11 is 0. The summed E-state index contributed by atoms with van der Waals surface area (Å²) < 4.78 is 11.6. The van der Waals surface area contributed by atoms with Crippen molar-refractivity contribution in [3.05, 3.63) is 71.8 Å². The highest BCUT2D eigenvalue weighted by molar-refractivity contribution is 5.90. The first-order valence-electron chi connectivity index (χ1n) is 10.2. The Labute approximate surface area is 167 Å². The molecule has 0 aliphatic rings. The maximum Gasteiger partial charge on any atom is 0.338 e. The predicted molar refractivity (Wildman–Crippen MR) is 110 cm³/mol. The molecule has 4 nitrogen and oxygen atoms in total. The van der Waals surface area contributed by atoms with Crippen LogP contribution in [0.4, 0.5) is 0 Å². The second-order valence-electron chi connectivity index (χ2n) is 6.90. The number of unbranched alkanes of at least 4 members (excludes halogenated alkanes) is 2. The molecule has 0 spiro atoms. The van der Waals surface area contributed by atoms with Crippen LogP contribution in [0, 0.1) is 0 Å². The summed E-state index contributed by atoms with van der Waals surface area (Å²) in [6.45, 7) is 4.18. The molecule has 0 amide bonds. The standard InChI is InChI=1S/C24H30O4/c1-3-5-17-21(27-23(25)19-13-9-7-10-14-19)22(18-6-4-2)28-24(26)20-15-11-8-12-16-20/h7-16,21-22H,3-6,17-18H2,1-2H3/t21-,22-/m0/s1. The molecule has 150 valence electrons. The summed E-state index contributed by atoms with van der Waals surface area (Å²) in [7, 11) is 0. The van der Waals surface area contributed by atoms with Crippen LogP contribution in [0.1, 0.15) is 73.1 Å². The Bertz CT molecular complexity index is 648. The first-order chi connectivity index (χ1) is 13.7. The lowest BCUT2D eigenvalue weighted by molar-refractivity contribution is -0.0422. The molecule has 0 aliphatic carbocycles. The average Bonchev–Trinajstić information content (AvgIpc) is 2.75. The van der Waals surface area contributed by atoms with Gasteiger partial charge in [0.2, 0.25) is 0 Å². The number of carbonyl (C=O) groups is 2. The van der Waals surface area contributed by atoms with Gasteiger partial charge in [0.15, 0.2) is 0 Å². The molecule has 0 saturated carbocycles. The van der Waals surface area contributed by atoms with E-state index in [0.717, 1.165) is 25.7 Å². The van der Waals surface area contributed by atoms with E-state index in [-0.39, 0.29) is 11.9 Å². The summed E-state index contributed by atoms with van der Waals surface area (Å²) in [4.78, 5) is 25.2. The number of hydrogen-bond donors (Lipinski definition) is 0. The van der Waals surface area contributed by atoms with Crippen molar-refractivity contribution < 1.29 is 19.1 Å². The molecule has 2 aromatic rings. The molecule has 0 aliphatic heterocycles. The van der Waals surface area contributed by atoms with E-state index in [1.165, 1.54) is 0 Å². The van der Waals surface area contributed by atoms with Crippen LogP contribution < -0.4 is 0 Å². The molecule has 2 atom stereocenters. The van der Waals surface area contributed by atoms with Gasteiger partial charge < -0.3 is 9.47 Å². The van der Waals surface area contributed by atoms with Gasteiger partial charge in [0.05, 0.1) is 11.1 Å². The number of esters is 2. The molecule has 2 rings (SSSR count). The average molecular weight is 383 g/mol. The Balaban J connectivity index is 2.15. The molecule has 0 N–H and O–H groups in total. The molecular weight excluding hydrogens is 352 g/mol. The normalized spacial score (nSPS) is 12.8. The lowest BCUT2D eigenvalue weighted by Crippen LogP contribution is -2.35. The third-order valence-corrected chi connectivity index (χ3v) is 4.63. The molecule has 4 heteroatoms. The Morgan fingerprint density at radius 3 is 1.36 bits per heavy atom. The number of carbonyl (C=O) groups excluding carboxylic acids is 2. The molecule has 0 radical (unpaired) electrons. The number of ether oxygens (including phenoxy) is 2. The van der Waals surface area contributed by atoms with Crippen LogP contribution in [0.25, 0.3) is 0 Å². The largest absolute Gasteiger partial charge is 0.455 e. The van der Waals surface area contributed by atoms with Crippen molar-refractivity contribution in [2.45, 2.75) is 64.6 Å². The minimum absolute atomic E-state index is 0.376. The summed E-state index contributed by atoms with van der Waals surface area (Å²) in [6, 6.07) is 17.9. The van der Waals surface area contributed by atoms with Gasteiger partial charge in [0.1, 0.15) is 12.2 Å². The predicted octanol–water partition coefficient (Wildman–Crippen LogP) is 5.82. The van der Waals surface area contributed by atoms with Crippen molar-refractivity contribution in [3.8, 4) is 0 Å². The van der Waals surface area contributed by atoms with E-state index in [1.54, 1.807) is 24.3 Å². The van der Waals surface area contributed by atoms with Crippen molar-refractivity contribution in [2.75, 3.05) is 0 Å². The van der Waals surface area contributed by atoms with E-state index in [9.17, 15) is 9.59 Å². The highest BCUT2D eigenvalue weighted by Gasteiger charge is 2.29. The lowest BCUT2D eigenvalue weighted by atomic mass is 10.0. The van der Waals surface area contributed by atoms with Gasteiger partial charge in [0, 0.05) is 0 Å². The van der Waals surface area contributed by atoms with Gasteiger partial charge in [-0.1, -0.05) is 63.1 Å². The molecule has 2 aromatic carbocycles. The van der Waals surface area contributed by atoms with Gasteiger partial charge in [-0.25, -0.2) is 9.59 Å². The van der Waals surface area contributed by atoms with Gasteiger partial charge in [-0.3, -0.25) is 0 Å². The Hall–Kier alpha value is -2.62. The van der Waals surface area contributed by atoms with E-state index in [4.69, 9.17) is 9.47 Å². The first-order valence-corrected chi connectivity index (χ1v) is 10.2. The summed E-state index contributed by atoms with van der Waals surface area (Å²) in [5.41, 5.74) is 1.01. The van der Waals surface area contributed by atoms with Crippen LogP contribution in [-0.2, 0) is 9.47 Å². The molecule has 0 aromatic heterocycles. The number of hydrogen-bond acceptors (Lipinski definition) is 4. The fourth-order valence-electron chi connectivity index (χ4n) is 3.01. The summed E-state index contributed by atoms with van der Waals surface area (Å²) in [5.74, 6) is -0.752. The van der Waals surface area contributed by atoms with Gasteiger partial charge in [0.25, 0.3) is 0 Å². The minimum Gasteiger partial charge on any atom is -0.455 e. The maximum atomic E-state index is 12.6. The SMILES string of the molecule is CCCC[C@H](OC(=O)c1ccccc1)[C@H](CCCC)OC(=O)c1ccccc1. The van der Waals surface area contributed by atoms with Crippen LogP contribution in [-0.4, -0.2) is 24.1 Å². The quantitative estimate of drug-likeness (QED) is 0.460. The highest BCUT2D eigenvalue weighted by Crippen LogP contribution is 2.21. The van der Waals surface area contributed by atoms with Gasteiger partial charge in [-0.2, -0.15) is 0 Å². The van der Waals surface area contributed by atoms with E-state index in [0.29, 0.717) is 24.0 Å². The molecule has 28 heavy (non-hydrogen) atoms. The molecule has 0 fully saturated rings. The van der Waals surface area contributed by atoms with Crippen LogP contribution in [0.3, 0.4) is 0 Å². The molecule has 0 unspecified atom stereocenters. The third kappa shape index (κ3) is 6.84. The van der Waals surface area contributed by atoms with Crippen LogP contribution in [0.5, 0.6) is 0 Å². The number of rotatable bonds is 11. The van der Waals surface area contributed by atoms with Gasteiger partial charge in [-0.05, 0) is 49.9 Å². The van der Waals surface area contributed by atoms with Crippen molar-refractivity contribution >= 4 is 11.9 Å². The van der Waals surface area contributed by atoms with Crippen molar-refractivity contribution in [3.63, 3.8) is 0 Å². The Morgan fingerprint density at radius 1 is 0.679 bits per heavy atom. The number of benzene rings is 2. The summed E-state index contributed by atoms with van der Waals surface area (Å²) in [6.07, 6.45) is 4.20. The zero-order valence-electron chi connectivity index (χ0n) is 16.8. The molecule has 0 saturated heterocycles. The fourth-order valence-corrected chi connectivity index (χ4v) is 3.01. The second-order valence-corrected chi connectivity index (χ2v) is 6.90. The van der Waals surface area contributed by atoms with E-state index >= 15 is 0 Å². The molecular formula is C24H30O4. The minimum atomic E-state index is -0.452. The highest BCUT2D eigenvalue weighted by atomic mass is 16.6.